The zero-order chi connectivity index (χ0) is 27.2. The van der Waals surface area contributed by atoms with Gasteiger partial charge >= 0.3 is 0 Å². The third kappa shape index (κ3) is 6.11. The van der Waals surface area contributed by atoms with Crippen molar-refractivity contribution in [2.24, 2.45) is 0 Å². The van der Waals surface area contributed by atoms with E-state index in [1.54, 1.807) is 31.5 Å². The molecule has 39 heavy (non-hydrogen) atoms. The Morgan fingerprint density at radius 3 is 2.79 bits per heavy atom. The Hall–Kier alpha value is -4.60. The smallest absolute Gasteiger partial charge is 0.255 e. The first kappa shape index (κ1) is 26.0. The van der Waals surface area contributed by atoms with E-state index in [1.807, 2.05) is 30.3 Å². The van der Waals surface area contributed by atoms with E-state index in [4.69, 9.17) is 14.2 Å². The molecule has 0 spiro atoms. The predicted molar refractivity (Wildman–Crippen MR) is 143 cm³/mol. The van der Waals surface area contributed by atoms with Gasteiger partial charge in [-0.2, -0.15) is 0 Å². The Bertz CT molecular complexity index is 1360. The molecule has 4 heterocycles. The summed E-state index contributed by atoms with van der Waals surface area (Å²) >= 11 is 0. The van der Waals surface area contributed by atoms with Crippen LogP contribution in [0.1, 0.15) is 40.2 Å². The van der Waals surface area contributed by atoms with E-state index in [1.165, 1.54) is 11.1 Å². The number of carbonyl (C=O) groups is 3. The lowest BCUT2D eigenvalue weighted by Crippen LogP contribution is -2.42. The van der Waals surface area contributed by atoms with Gasteiger partial charge in [0.2, 0.25) is 11.8 Å². The highest BCUT2D eigenvalue weighted by molar-refractivity contribution is 5.96. The number of nitrogens with zero attached hydrogens (tertiary/aromatic N) is 2. The maximum absolute atomic E-state index is 13.1. The predicted octanol–water partition coefficient (Wildman–Crippen LogP) is 2.98. The number of anilines is 1. The fraction of sp³-hybridized carbons (Fsp3) is 0.310. The molecule has 3 aliphatic rings. The second-order valence-corrected chi connectivity index (χ2v) is 9.33. The molecule has 0 aliphatic carbocycles. The van der Waals surface area contributed by atoms with Gasteiger partial charge in [-0.05, 0) is 47.9 Å². The molecule has 10 nitrogen and oxygen atoms in total. The van der Waals surface area contributed by atoms with Gasteiger partial charge in [-0.3, -0.25) is 19.4 Å². The molecule has 3 amide bonds. The molecular formula is C29H30N4O6. The van der Waals surface area contributed by atoms with Crippen molar-refractivity contribution in [3.05, 3.63) is 77.6 Å². The molecule has 2 aromatic carbocycles. The number of hydrogen-bond acceptors (Lipinski definition) is 7. The van der Waals surface area contributed by atoms with E-state index in [-0.39, 0.29) is 49.9 Å². The van der Waals surface area contributed by atoms with Crippen LogP contribution < -0.4 is 24.8 Å². The Labute approximate surface area is 226 Å². The van der Waals surface area contributed by atoms with Gasteiger partial charge in [-0.1, -0.05) is 12.1 Å². The van der Waals surface area contributed by atoms with Crippen LogP contribution >= 0.6 is 0 Å². The monoisotopic (exact) mass is 530 g/mol. The first-order chi connectivity index (χ1) is 19.0. The van der Waals surface area contributed by atoms with Crippen molar-refractivity contribution >= 4 is 23.4 Å². The van der Waals surface area contributed by atoms with E-state index in [0.29, 0.717) is 47.9 Å². The molecule has 10 heteroatoms. The van der Waals surface area contributed by atoms with Gasteiger partial charge < -0.3 is 29.7 Å². The van der Waals surface area contributed by atoms with Gasteiger partial charge in [-0.25, -0.2) is 0 Å². The van der Waals surface area contributed by atoms with E-state index in [9.17, 15) is 14.4 Å². The van der Waals surface area contributed by atoms with Crippen molar-refractivity contribution in [1.82, 2.24) is 15.2 Å². The van der Waals surface area contributed by atoms with E-state index in [2.05, 4.69) is 15.6 Å². The quantitative estimate of drug-likeness (QED) is 0.489. The minimum Gasteiger partial charge on any atom is -0.493 e. The molecule has 0 saturated heterocycles. The lowest BCUT2D eigenvalue weighted by molar-refractivity contribution is -0.122. The Morgan fingerprint density at radius 1 is 1.08 bits per heavy atom. The van der Waals surface area contributed by atoms with Crippen LogP contribution in [0.3, 0.4) is 0 Å². The molecule has 6 bridgehead atoms. The standard InChI is InChI=1S/C29H30N4O6/c1-37-25-8-5-19-14-26(25)39-12-3-11-33(29(36)20-4-2-9-30-17-20)18-28(35)31-10-13-38-21-6-7-22-23(19)16-27(34)32-24(22)15-21/h2,4-9,14-15,17,23H,3,10-13,16,18H2,1H3,(H,31,35)(H,32,34). The second kappa shape index (κ2) is 11.8. The van der Waals surface area contributed by atoms with Crippen LogP contribution in [0.5, 0.6) is 17.2 Å². The second-order valence-electron chi connectivity index (χ2n) is 9.33. The third-order valence-electron chi connectivity index (χ3n) is 6.71. The van der Waals surface area contributed by atoms with Crippen molar-refractivity contribution in [3.63, 3.8) is 0 Å². The summed E-state index contributed by atoms with van der Waals surface area (Å²) in [5.41, 5.74) is 3.00. The minimum absolute atomic E-state index is 0.0838. The van der Waals surface area contributed by atoms with E-state index >= 15 is 0 Å². The molecule has 3 aliphatic heterocycles. The van der Waals surface area contributed by atoms with Crippen LogP contribution in [0.25, 0.3) is 0 Å². The van der Waals surface area contributed by atoms with Crippen LogP contribution in [-0.4, -0.2) is 67.6 Å². The van der Waals surface area contributed by atoms with Gasteiger partial charge in [0.1, 0.15) is 12.4 Å². The molecule has 0 fully saturated rings. The summed E-state index contributed by atoms with van der Waals surface area (Å²) in [6, 6.07) is 14.6. The summed E-state index contributed by atoms with van der Waals surface area (Å²) in [7, 11) is 1.57. The fourth-order valence-corrected chi connectivity index (χ4v) is 4.80. The first-order valence-corrected chi connectivity index (χ1v) is 12.8. The van der Waals surface area contributed by atoms with Crippen molar-refractivity contribution < 1.29 is 28.6 Å². The average Bonchev–Trinajstić information content (AvgIpc) is 2.96. The van der Waals surface area contributed by atoms with Gasteiger partial charge in [0, 0.05) is 43.0 Å². The van der Waals surface area contributed by atoms with Crippen LogP contribution in [0, 0.1) is 0 Å². The van der Waals surface area contributed by atoms with Gasteiger partial charge in [0.05, 0.1) is 32.4 Å². The average molecular weight is 531 g/mol. The molecule has 202 valence electrons. The number of carbonyl (C=O) groups excluding carboxylic acids is 3. The number of pyridine rings is 1. The molecule has 1 aromatic heterocycles. The van der Waals surface area contributed by atoms with Crippen LogP contribution in [-0.2, 0) is 9.59 Å². The number of ether oxygens (including phenoxy) is 3. The van der Waals surface area contributed by atoms with Crippen LogP contribution in [0.4, 0.5) is 5.69 Å². The summed E-state index contributed by atoms with van der Waals surface area (Å²) in [5, 5.41) is 5.75. The van der Waals surface area contributed by atoms with Crippen molar-refractivity contribution in [2.75, 3.05) is 45.3 Å². The number of aromatic nitrogens is 1. The number of rotatable bonds is 2. The number of nitrogens with one attached hydrogen (secondary N) is 2. The number of hydrogen-bond donors (Lipinski definition) is 2. The van der Waals surface area contributed by atoms with Gasteiger partial charge in [0.25, 0.3) is 5.91 Å². The Kier molecular flexibility index (Phi) is 7.91. The zero-order valence-electron chi connectivity index (χ0n) is 21.6. The maximum atomic E-state index is 13.1. The zero-order valence-corrected chi connectivity index (χ0v) is 21.6. The summed E-state index contributed by atoms with van der Waals surface area (Å²) in [4.78, 5) is 43.9. The molecule has 1 unspecified atom stereocenters. The molecule has 0 radical (unpaired) electrons. The highest BCUT2D eigenvalue weighted by atomic mass is 16.5. The lowest BCUT2D eigenvalue weighted by Gasteiger charge is -2.27. The molecule has 1 atom stereocenters. The summed E-state index contributed by atoms with van der Waals surface area (Å²) in [6.45, 7) is 0.967. The molecule has 3 aromatic rings. The molecule has 6 rings (SSSR count). The SMILES string of the molecule is COc1ccc2cc1OCCCN(C(=O)c1cccnc1)CC(=O)NCCOc1ccc3c(c1)NC(=O)CC23. The highest BCUT2D eigenvalue weighted by Crippen LogP contribution is 2.41. The normalized spacial score (nSPS) is 17.9. The number of benzene rings is 2. The summed E-state index contributed by atoms with van der Waals surface area (Å²) in [5.74, 6) is 0.855. The minimum atomic E-state index is -0.301. The lowest BCUT2D eigenvalue weighted by atomic mass is 9.84. The van der Waals surface area contributed by atoms with Gasteiger partial charge in [-0.15, -0.1) is 0 Å². The Balaban J connectivity index is 1.43. The topological polar surface area (TPSA) is 119 Å². The summed E-state index contributed by atoms with van der Waals surface area (Å²) < 4.78 is 17.4. The van der Waals surface area contributed by atoms with Crippen LogP contribution in [0.2, 0.25) is 0 Å². The number of amides is 3. The van der Waals surface area contributed by atoms with E-state index < -0.39 is 0 Å². The van der Waals surface area contributed by atoms with Gasteiger partial charge in [0.15, 0.2) is 11.5 Å². The van der Waals surface area contributed by atoms with Crippen molar-refractivity contribution in [3.8, 4) is 17.2 Å². The number of methoxy groups -OCH3 is 1. The fourth-order valence-electron chi connectivity index (χ4n) is 4.80. The molecule has 2 N–H and O–H groups in total. The maximum Gasteiger partial charge on any atom is 0.255 e. The Morgan fingerprint density at radius 2 is 1.97 bits per heavy atom. The van der Waals surface area contributed by atoms with Crippen molar-refractivity contribution in [2.45, 2.75) is 18.8 Å². The van der Waals surface area contributed by atoms with Crippen molar-refractivity contribution in [1.29, 1.82) is 0 Å². The third-order valence-corrected chi connectivity index (χ3v) is 6.71. The first-order valence-electron chi connectivity index (χ1n) is 12.8. The molecule has 0 saturated carbocycles. The molecular weight excluding hydrogens is 500 g/mol. The highest BCUT2D eigenvalue weighted by Gasteiger charge is 2.28. The van der Waals surface area contributed by atoms with Crippen LogP contribution in [0.15, 0.2) is 60.9 Å². The summed E-state index contributed by atoms with van der Waals surface area (Å²) in [6.07, 6.45) is 3.86. The van der Waals surface area contributed by atoms with E-state index in [0.717, 1.165) is 11.1 Å². The largest absolute Gasteiger partial charge is 0.493 e. The number of fused-ring (bicyclic) bond motifs is 11.